The second-order valence-corrected chi connectivity index (χ2v) is 10.9. The monoisotopic (exact) mass is 496 g/mol. The van der Waals surface area contributed by atoms with Crippen molar-refractivity contribution in [2.45, 2.75) is 66.2 Å². The van der Waals surface area contributed by atoms with Crippen LogP contribution in [0.25, 0.3) is 21.3 Å². The first-order chi connectivity index (χ1) is 16.7. The van der Waals surface area contributed by atoms with E-state index in [1.165, 1.54) is 28.0 Å². The molecule has 1 aliphatic carbocycles. The van der Waals surface area contributed by atoms with E-state index in [0.29, 0.717) is 34.3 Å². The molecule has 184 valence electrons. The topological polar surface area (TPSA) is 92.9 Å². The van der Waals surface area contributed by atoms with Crippen LogP contribution in [0.15, 0.2) is 27.8 Å². The van der Waals surface area contributed by atoms with Crippen LogP contribution in [0.1, 0.15) is 60.1 Å². The predicted octanol–water partition coefficient (Wildman–Crippen LogP) is 4.44. The average Bonchev–Trinajstić information content (AvgIpc) is 3.51. The highest BCUT2D eigenvalue weighted by Gasteiger charge is 2.32. The van der Waals surface area contributed by atoms with Gasteiger partial charge in [0.25, 0.3) is 5.56 Å². The molecule has 0 radical (unpaired) electrons. The normalized spacial score (nSPS) is 13.9. The van der Waals surface area contributed by atoms with E-state index in [1.807, 2.05) is 27.7 Å². The highest BCUT2D eigenvalue weighted by molar-refractivity contribution is 7.19. The molecule has 0 spiro atoms. The Morgan fingerprint density at radius 2 is 2.00 bits per heavy atom. The second kappa shape index (κ2) is 8.87. The molecule has 1 aliphatic rings. The van der Waals surface area contributed by atoms with Crippen molar-refractivity contribution in [2.24, 2.45) is 5.92 Å². The van der Waals surface area contributed by atoms with Crippen molar-refractivity contribution in [2.75, 3.05) is 0 Å². The molecule has 0 bridgehead atoms. The molecule has 0 saturated heterocycles. The standard InChI is InChI=1S/C26H29FN4O3S/c1-13(2)11-30-25-23(24(33)31(26(30)34)17-6-7-17)22(19-9-16(12-32)5-8-20(19)27)21(35-25)10-18-14(3)28-29-15(18)4/h5,8-9,13,17,32H,6-7,10-12H2,1-4H3,(H,28,29). The summed E-state index contributed by atoms with van der Waals surface area (Å²) in [7, 11) is 0. The number of aryl methyl sites for hydroxylation is 2. The fourth-order valence-electron chi connectivity index (χ4n) is 4.73. The average molecular weight is 497 g/mol. The van der Waals surface area contributed by atoms with Crippen molar-refractivity contribution in [1.82, 2.24) is 19.3 Å². The molecule has 35 heavy (non-hydrogen) atoms. The Balaban J connectivity index is 1.90. The largest absolute Gasteiger partial charge is 0.392 e. The third-order valence-corrected chi connectivity index (χ3v) is 7.85. The summed E-state index contributed by atoms with van der Waals surface area (Å²) < 4.78 is 18.4. The number of benzene rings is 1. The van der Waals surface area contributed by atoms with Gasteiger partial charge >= 0.3 is 5.69 Å². The Bertz CT molecular complexity index is 1540. The highest BCUT2D eigenvalue weighted by atomic mass is 32.1. The van der Waals surface area contributed by atoms with Gasteiger partial charge in [-0.05, 0) is 50.3 Å². The van der Waals surface area contributed by atoms with E-state index in [1.54, 1.807) is 10.6 Å². The summed E-state index contributed by atoms with van der Waals surface area (Å²) in [5.74, 6) is -0.286. The first-order valence-corrected chi connectivity index (χ1v) is 12.7. The number of hydrogen-bond acceptors (Lipinski definition) is 5. The first-order valence-electron chi connectivity index (χ1n) is 11.9. The van der Waals surface area contributed by atoms with E-state index in [9.17, 15) is 14.7 Å². The van der Waals surface area contributed by atoms with Crippen molar-refractivity contribution in [3.8, 4) is 11.1 Å². The van der Waals surface area contributed by atoms with Gasteiger partial charge in [-0.2, -0.15) is 5.10 Å². The number of nitrogens with one attached hydrogen (secondary N) is 1. The van der Waals surface area contributed by atoms with E-state index in [4.69, 9.17) is 0 Å². The Kier molecular flexibility index (Phi) is 6.01. The number of halogens is 1. The van der Waals surface area contributed by atoms with Crippen LogP contribution >= 0.6 is 11.3 Å². The van der Waals surface area contributed by atoms with Gasteiger partial charge in [-0.25, -0.2) is 9.18 Å². The molecule has 2 N–H and O–H groups in total. The molecule has 0 unspecified atom stereocenters. The van der Waals surface area contributed by atoms with Crippen molar-refractivity contribution >= 4 is 21.6 Å². The van der Waals surface area contributed by atoms with Crippen LogP contribution in [0, 0.1) is 25.6 Å². The number of fused-ring (bicyclic) bond motifs is 1. The highest BCUT2D eigenvalue weighted by Crippen LogP contribution is 2.41. The minimum absolute atomic E-state index is 0.110. The summed E-state index contributed by atoms with van der Waals surface area (Å²) in [5, 5.41) is 17.4. The Hall–Kier alpha value is -3.04. The van der Waals surface area contributed by atoms with Gasteiger partial charge in [0.2, 0.25) is 0 Å². The molecule has 1 saturated carbocycles. The number of aliphatic hydroxyl groups excluding tert-OH is 1. The molecule has 0 amide bonds. The summed E-state index contributed by atoms with van der Waals surface area (Å²) in [6.07, 6.45) is 2.03. The van der Waals surface area contributed by atoms with Crippen LogP contribution in [0.5, 0.6) is 0 Å². The van der Waals surface area contributed by atoms with Gasteiger partial charge in [0.05, 0.1) is 17.7 Å². The fourth-order valence-corrected chi connectivity index (χ4v) is 6.04. The summed E-state index contributed by atoms with van der Waals surface area (Å²) >= 11 is 1.37. The third kappa shape index (κ3) is 4.06. The van der Waals surface area contributed by atoms with Gasteiger partial charge in [-0.3, -0.25) is 19.0 Å². The number of H-pyrrole nitrogens is 1. The molecule has 9 heteroatoms. The van der Waals surface area contributed by atoms with Crippen LogP contribution in [0.4, 0.5) is 4.39 Å². The number of thiophene rings is 1. The lowest BCUT2D eigenvalue weighted by Gasteiger charge is -2.14. The maximum atomic E-state index is 15.3. The van der Waals surface area contributed by atoms with E-state index < -0.39 is 5.82 Å². The Morgan fingerprint density at radius 1 is 1.26 bits per heavy atom. The quantitative estimate of drug-likeness (QED) is 0.396. The SMILES string of the molecule is Cc1n[nH]c(C)c1Cc1sc2c(c1-c1cc(CO)ccc1F)c(=O)n(C1CC1)c(=O)n2CC(C)C. The molecule has 7 nitrogen and oxygen atoms in total. The summed E-state index contributed by atoms with van der Waals surface area (Å²) in [4.78, 5) is 28.7. The molecule has 3 heterocycles. The first kappa shape index (κ1) is 23.7. The summed E-state index contributed by atoms with van der Waals surface area (Å²) in [6.45, 7) is 8.13. The zero-order valence-electron chi connectivity index (χ0n) is 20.3. The lowest BCUT2D eigenvalue weighted by molar-refractivity contribution is 0.282. The van der Waals surface area contributed by atoms with Crippen LogP contribution < -0.4 is 11.2 Å². The van der Waals surface area contributed by atoms with Gasteiger partial charge in [0.1, 0.15) is 10.6 Å². The zero-order chi connectivity index (χ0) is 25.0. The fraction of sp³-hybridized carbons (Fsp3) is 0.423. The van der Waals surface area contributed by atoms with E-state index in [-0.39, 0.29) is 35.4 Å². The number of aliphatic hydroxyl groups is 1. The summed E-state index contributed by atoms with van der Waals surface area (Å²) in [6, 6.07) is 4.36. The lowest BCUT2D eigenvalue weighted by atomic mass is 9.97. The van der Waals surface area contributed by atoms with Crippen molar-refractivity contribution in [3.63, 3.8) is 0 Å². The maximum Gasteiger partial charge on any atom is 0.332 e. The summed E-state index contributed by atoms with van der Waals surface area (Å²) in [5.41, 5.74) is 3.41. The maximum absolute atomic E-state index is 15.3. The molecule has 0 aliphatic heterocycles. The molecule has 1 fully saturated rings. The number of nitrogens with zero attached hydrogens (tertiary/aromatic N) is 3. The van der Waals surface area contributed by atoms with Gasteiger partial charge in [0, 0.05) is 46.3 Å². The number of aromatic amines is 1. The van der Waals surface area contributed by atoms with Gasteiger partial charge in [0.15, 0.2) is 0 Å². The molecule has 4 aromatic rings. The number of hydrogen-bond donors (Lipinski definition) is 2. The number of rotatable bonds is 7. The van der Waals surface area contributed by atoms with E-state index in [0.717, 1.165) is 34.7 Å². The number of aromatic nitrogens is 4. The van der Waals surface area contributed by atoms with Crippen molar-refractivity contribution in [1.29, 1.82) is 0 Å². The third-order valence-electron chi connectivity index (χ3n) is 6.64. The molecular weight excluding hydrogens is 467 g/mol. The predicted molar refractivity (Wildman–Crippen MR) is 136 cm³/mol. The van der Waals surface area contributed by atoms with E-state index in [2.05, 4.69) is 10.2 Å². The molecule has 5 rings (SSSR count). The minimum Gasteiger partial charge on any atom is -0.392 e. The second-order valence-electron chi connectivity index (χ2n) is 9.84. The van der Waals surface area contributed by atoms with Crippen molar-refractivity contribution < 1.29 is 9.50 Å². The molecule has 3 aromatic heterocycles. The zero-order valence-corrected chi connectivity index (χ0v) is 21.1. The Morgan fingerprint density at radius 3 is 2.60 bits per heavy atom. The van der Waals surface area contributed by atoms with Gasteiger partial charge in [-0.1, -0.05) is 19.9 Å². The molecule has 1 aromatic carbocycles. The van der Waals surface area contributed by atoms with Crippen LogP contribution in [0.2, 0.25) is 0 Å². The molecule has 0 atom stereocenters. The van der Waals surface area contributed by atoms with Crippen LogP contribution in [0.3, 0.4) is 0 Å². The molecular formula is C26H29FN4O3S. The Labute approximate surface area is 205 Å². The van der Waals surface area contributed by atoms with Crippen LogP contribution in [-0.4, -0.2) is 24.4 Å². The van der Waals surface area contributed by atoms with Crippen LogP contribution in [-0.2, 0) is 19.6 Å². The lowest BCUT2D eigenvalue weighted by Crippen LogP contribution is -2.40. The smallest absolute Gasteiger partial charge is 0.332 e. The van der Waals surface area contributed by atoms with Crippen molar-refractivity contribution in [3.05, 3.63) is 72.2 Å². The van der Waals surface area contributed by atoms with Gasteiger partial charge in [-0.15, -0.1) is 11.3 Å². The van der Waals surface area contributed by atoms with Gasteiger partial charge < -0.3 is 5.11 Å². The van der Waals surface area contributed by atoms with E-state index >= 15 is 4.39 Å². The minimum atomic E-state index is -0.470.